The molecular formula is C18H23N3O7. The maximum absolute atomic E-state index is 12.5. The van der Waals surface area contributed by atoms with Gasteiger partial charge in [0.05, 0.1) is 16.1 Å². The van der Waals surface area contributed by atoms with Gasteiger partial charge in [0.2, 0.25) is 0 Å². The zero-order valence-corrected chi connectivity index (χ0v) is 15.9. The summed E-state index contributed by atoms with van der Waals surface area (Å²) in [6.45, 7) is 6.13. The molecule has 152 valence electrons. The Morgan fingerprint density at radius 2 is 1.82 bits per heavy atom. The second-order valence-electron chi connectivity index (χ2n) is 7.51. The Labute approximate surface area is 161 Å². The van der Waals surface area contributed by atoms with Crippen LogP contribution in [0.1, 0.15) is 54.3 Å². The van der Waals surface area contributed by atoms with Crippen LogP contribution in [0.15, 0.2) is 18.2 Å². The van der Waals surface area contributed by atoms with E-state index in [9.17, 15) is 29.6 Å². The number of nitrogens with zero attached hydrogens (tertiary/aromatic N) is 2. The number of carbonyl (C=O) groups is 3. The van der Waals surface area contributed by atoms with Crippen LogP contribution in [0.25, 0.3) is 0 Å². The number of rotatable bonds is 4. The number of hydrogen-bond acceptors (Lipinski definition) is 6. The van der Waals surface area contributed by atoms with Crippen molar-refractivity contribution in [3.8, 4) is 0 Å². The average molecular weight is 393 g/mol. The minimum Gasteiger partial charge on any atom is -0.478 e. The Morgan fingerprint density at radius 3 is 2.32 bits per heavy atom. The van der Waals surface area contributed by atoms with E-state index < -0.39 is 39.7 Å². The molecule has 0 bridgehead atoms. The van der Waals surface area contributed by atoms with Gasteiger partial charge in [-0.1, -0.05) is 0 Å². The summed E-state index contributed by atoms with van der Waals surface area (Å²) in [6.07, 6.45) is 0.557. The molecule has 1 aliphatic heterocycles. The largest absolute Gasteiger partial charge is 0.478 e. The predicted octanol–water partition coefficient (Wildman–Crippen LogP) is 2.42. The van der Waals surface area contributed by atoms with Crippen molar-refractivity contribution in [2.75, 3.05) is 13.1 Å². The van der Waals surface area contributed by atoms with E-state index >= 15 is 0 Å². The van der Waals surface area contributed by atoms with Crippen LogP contribution in [-0.2, 0) is 4.74 Å². The fourth-order valence-corrected chi connectivity index (χ4v) is 2.82. The maximum Gasteiger partial charge on any atom is 0.410 e. The topological polar surface area (TPSA) is 139 Å². The summed E-state index contributed by atoms with van der Waals surface area (Å²) in [7, 11) is 0. The van der Waals surface area contributed by atoms with Gasteiger partial charge in [0.15, 0.2) is 0 Å². The predicted molar refractivity (Wildman–Crippen MR) is 98.4 cm³/mol. The smallest absolute Gasteiger partial charge is 0.410 e. The molecule has 28 heavy (non-hydrogen) atoms. The van der Waals surface area contributed by atoms with Gasteiger partial charge in [0.25, 0.3) is 11.6 Å². The fourth-order valence-electron chi connectivity index (χ4n) is 2.82. The maximum atomic E-state index is 12.5. The SMILES string of the molecule is CC(C)(C)OC(=O)N1CCC(NC(=O)c2ccc([N+](=O)[O-])cc2C(=O)O)CC1. The number of ether oxygens (including phenoxy) is 1. The van der Waals surface area contributed by atoms with Crippen molar-refractivity contribution in [1.29, 1.82) is 0 Å². The van der Waals surface area contributed by atoms with Gasteiger partial charge in [-0.25, -0.2) is 9.59 Å². The molecule has 0 saturated carbocycles. The van der Waals surface area contributed by atoms with Crippen molar-refractivity contribution in [2.24, 2.45) is 0 Å². The van der Waals surface area contributed by atoms with E-state index in [0.29, 0.717) is 25.9 Å². The number of benzene rings is 1. The number of piperidine rings is 1. The molecular weight excluding hydrogens is 370 g/mol. The van der Waals surface area contributed by atoms with E-state index in [1.165, 1.54) is 0 Å². The Kier molecular flexibility index (Phi) is 6.22. The van der Waals surface area contributed by atoms with Crippen LogP contribution in [0.4, 0.5) is 10.5 Å². The average Bonchev–Trinajstić information content (AvgIpc) is 2.60. The van der Waals surface area contributed by atoms with Crippen LogP contribution in [0.3, 0.4) is 0 Å². The highest BCUT2D eigenvalue weighted by atomic mass is 16.6. The van der Waals surface area contributed by atoms with Gasteiger partial charge in [-0.15, -0.1) is 0 Å². The highest BCUT2D eigenvalue weighted by Crippen LogP contribution is 2.20. The number of aromatic carboxylic acids is 1. The van der Waals surface area contributed by atoms with Crippen LogP contribution >= 0.6 is 0 Å². The van der Waals surface area contributed by atoms with Gasteiger partial charge < -0.3 is 20.1 Å². The molecule has 2 N–H and O–H groups in total. The Bertz CT molecular complexity index is 793. The minimum atomic E-state index is -1.42. The van der Waals surface area contributed by atoms with Gasteiger partial charge in [-0.2, -0.15) is 0 Å². The molecule has 1 saturated heterocycles. The second kappa shape index (κ2) is 8.24. The molecule has 1 aromatic rings. The standard InChI is InChI=1S/C18H23N3O7/c1-18(2,3)28-17(25)20-8-6-11(7-9-20)19-15(22)13-5-4-12(21(26)27)10-14(13)16(23)24/h4-5,10-11H,6-9H2,1-3H3,(H,19,22)(H,23,24). The molecule has 0 radical (unpaired) electrons. The van der Waals surface area contributed by atoms with Crippen molar-refractivity contribution >= 4 is 23.7 Å². The molecule has 1 fully saturated rings. The lowest BCUT2D eigenvalue weighted by molar-refractivity contribution is -0.384. The first-order valence-electron chi connectivity index (χ1n) is 8.78. The molecule has 2 amide bonds. The highest BCUT2D eigenvalue weighted by molar-refractivity contribution is 6.05. The van der Waals surface area contributed by atoms with Gasteiger partial charge in [0, 0.05) is 31.3 Å². The summed E-state index contributed by atoms with van der Waals surface area (Å²) in [5.41, 5.74) is -1.57. The van der Waals surface area contributed by atoms with Crippen molar-refractivity contribution in [1.82, 2.24) is 10.2 Å². The van der Waals surface area contributed by atoms with E-state index in [2.05, 4.69) is 5.32 Å². The van der Waals surface area contributed by atoms with Gasteiger partial charge in [-0.05, 0) is 39.7 Å². The number of nitro groups is 1. The van der Waals surface area contributed by atoms with E-state index in [4.69, 9.17) is 4.74 Å². The molecule has 0 atom stereocenters. The summed E-state index contributed by atoms with van der Waals surface area (Å²) >= 11 is 0. The first-order chi connectivity index (χ1) is 13.0. The Hall–Kier alpha value is -3.17. The van der Waals surface area contributed by atoms with Gasteiger partial charge in [-0.3, -0.25) is 14.9 Å². The third-order valence-electron chi connectivity index (χ3n) is 4.17. The van der Waals surface area contributed by atoms with E-state index in [-0.39, 0.29) is 11.6 Å². The van der Waals surface area contributed by atoms with Crippen LogP contribution < -0.4 is 5.32 Å². The van der Waals surface area contributed by atoms with Crippen molar-refractivity contribution in [3.63, 3.8) is 0 Å². The number of likely N-dealkylation sites (tertiary alicyclic amines) is 1. The Balaban J connectivity index is 2.00. The number of nitro benzene ring substituents is 1. The number of nitrogens with one attached hydrogen (secondary N) is 1. The number of non-ortho nitro benzene ring substituents is 1. The normalized spacial score (nSPS) is 15.0. The quantitative estimate of drug-likeness (QED) is 0.591. The van der Waals surface area contributed by atoms with E-state index in [1.54, 1.807) is 25.7 Å². The second-order valence-corrected chi connectivity index (χ2v) is 7.51. The van der Waals surface area contributed by atoms with Gasteiger partial charge >= 0.3 is 12.1 Å². The van der Waals surface area contributed by atoms with Gasteiger partial charge in [0.1, 0.15) is 5.60 Å². The zero-order valence-electron chi connectivity index (χ0n) is 15.9. The first-order valence-corrected chi connectivity index (χ1v) is 8.78. The molecule has 0 aromatic heterocycles. The molecule has 1 aromatic carbocycles. The summed E-state index contributed by atoms with van der Waals surface area (Å²) in [5, 5.41) is 22.8. The molecule has 1 heterocycles. The molecule has 1 aliphatic rings. The molecule has 10 heteroatoms. The lowest BCUT2D eigenvalue weighted by atomic mass is 10.0. The lowest BCUT2D eigenvalue weighted by Crippen LogP contribution is -2.48. The zero-order chi connectivity index (χ0) is 21.1. The van der Waals surface area contributed by atoms with E-state index in [1.807, 2.05) is 0 Å². The summed E-state index contributed by atoms with van der Waals surface area (Å²) in [4.78, 5) is 47.6. The van der Waals surface area contributed by atoms with Crippen molar-refractivity contribution in [2.45, 2.75) is 45.3 Å². The van der Waals surface area contributed by atoms with Crippen LogP contribution in [-0.4, -0.2) is 57.6 Å². The number of carbonyl (C=O) groups excluding carboxylic acids is 2. The first kappa shape index (κ1) is 21.1. The highest BCUT2D eigenvalue weighted by Gasteiger charge is 2.28. The molecule has 0 spiro atoms. The van der Waals surface area contributed by atoms with Crippen molar-refractivity contribution < 1.29 is 29.2 Å². The number of amides is 2. The summed E-state index contributed by atoms with van der Waals surface area (Å²) < 4.78 is 5.31. The molecule has 10 nitrogen and oxygen atoms in total. The molecule has 0 aliphatic carbocycles. The number of carboxylic acids is 1. The fraction of sp³-hybridized carbons (Fsp3) is 0.500. The molecule has 0 unspecified atom stereocenters. The Morgan fingerprint density at radius 1 is 1.21 bits per heavy atom. The lowest BCUT2D eigenvalue weighted by Gasteiger charge is -2.33. The van der Waals surface area contributed by atoms with E-state index in [0.717, 1.165) is 18.2 Å². The van der Waals surface area contributed by atoms with Crippen LogP contribution in [0, 0.1) is 10.1 Å². The third-order valence-corrected chi connectivity index (χ3v) is 4.17. The van der Waals surface area contributed by atoms with Crippen molar-refractivity contribution in [3.05, 3.63) is 39.4 Å². The summed E-state index contributed by atoms with van der Waals surface area (Å²) in [5.74, 6) is -2.04. The van der Waals surface area contributed by atoms with Crippen LogP contribution in [0.2, 0.25) is 0 Å². The number of carboxylic acid groups (broad SMARTS) is 1. The third kappa shape index (κ3) is 5.41. The monoisotopic (exact) mass is 393 g/mol. The molecule has 2 rings (SSSR count). The van der Waals surface area contributed by atoms with Crippen LogP contribution in [0.5, 0.6) is 0 Å². The summed E-state index contributed by atoms with van der Waals surface area (Å²) in [6, 6.07) is 2.84. The minimum absolute atomic E-state index is 0.146. The number of hydrogen-bond donors (Lipinski definition) is 2.